The number of fused-ring (bicyclic) bond motifs is 3. The average molecular weight is 371 g/mol. The normalized spacial score (nSPS) is 18.8. The van der Waals surface area contributed by atoms with Crippen LogP contribution in [0, 0.1) is 0 Å². The molecule has 112 valence electrons. The predicted molar refractivity (Wildman–Crippen MR) is 81.6 cm³/mol. The van der Waals surface area contributed by atoms with Gasteiger partial charge in [0.2, 0.25) is 0 Å². The van der Waals surface area contributed by atoms with Gasteiger partial charge in [-0.15, -0.1) is 0 Å². The van der Waals surface area contributed by atoms with Crippen molar-refractivity contribution in [3.63, 3.8) is 0 Å². The summed E-state index contributed by atoms with van der Waals surface area (Å²) in [5.74, 6) is 1.25. The third kappa shape index (κ3) is 2.15. The Morgan fingerprint density at radius 3 is 2.76 bits per heavy atom. The van der Waals surface area contributed by atoms with Crippen LogP contribution in [0.2, 0.25) is 0 Å². The Balaban J connectivity index is 2.28. The van der Waals surface area contributed by atoms with Crippen LogP contribution in [0.4, 0.5) is 0 Å². The van der Waals surface area contributed by atoms with Crippen molar-refractivity contribution in [2.45, 2.75) is 30.4 Å². The number of ether oxygens (including phenoxy) is 2. The molecule has 1 unspecified atom stereocenters. The third-order valence-electron chi connectivity index (χ3n) is 3.52. The number of rotatable bonds is 3. The molecule has 0 saturated carbocycles. The van der Waals surface area contributed by atoms with Crippen molar-refractivity contribution in [3.8, 4) is 22.8 Å². The molecule has 1 atom stereocenters. The fourth-order valence-electron chi connectivity index (χ4n) is 2.43. The summed E-state index contributed by atoms with van der Waals surface area (Å²) in [6.07, 6.45) is 0. The van der Waals surface area contributed by atoms with Crippen LogP contribution >= 0.6 is 0 Å². The van der Waals surface area contributed by atoms with Gasteiger partial charge in [-0.05, 0) is 0 Å². The predicted octanol–water partition coefficient (Wildman–Crippen LogP) is 1.96. The van der Waals surface area contributed by atoms with Gasteiger partial charge in [0.15, 0.2) is 0 Å². The molecule has 1 aliphatic rings. The zero-order chi connectivity index (χ0) is 15.2. The molecule has 0 N–H and O–H groups in total. The molecule has 2 heterocycles. The Labute approximate surface area is 132 Å². The van der Waals surface area contributed by atoms with Crippen LogP contribution in [-0.4, -0.2) is 41.9 Å². The van der Waals surface area contributed by atoms with E-state index < -0.39 is 15.5 Å². The van der Waals surface area contributed by atoms with Crippen molar-refractivity contribution >= 4 is 25.5 Å². The number of aromatic nitrogens is 2. The molecule has 0 radical (unpaired) electrons. The average Bonchev–Trinajstić information content (AvgIpc) is 2.95. The topological polar surface area (TPSA) is 61.3 Å². The molecular weight excluding hydrogens is 355 g/mol. The van der Waals surface area contributed by atoms with Crippen LogP contribution in [0.25, 0.3) is 11.3 Å². The van der Waals surface area contributed by atoms with Gasteiger partial charge < -0.3 is 0 Å². The van der Waals surface area contributed by atoms with E-state index >= 15 is 0 Å². The van der Waals surface area contributed by atoms with E-state index in [0.29, 0.717) is 18.1 Å². The Bertz CT molecular complexity index is 727. The SMILES string of the molecule is CCOc1cc2c(cc1OC)-c1nn[se]c1C(C)(C)S2=O. The molecule has 2 aromatic rings. The fraction of sp³-hybridized carbons (Fsp3) is 0.429. The molecule has 1 aromatic heterocycles. The summed E-state index contributed by atoms with van der Waals surface area (Å²) in [6.45, 7) is 6.42. The maximum atomic E-state index is 12.9. The van der Waals surface area contributed by atoms with E-state index in [0.717, 1.165) is 20.6 Å². The molecular formula is C14H16N2O3SSe. The summed E-state index contributed by atoms with van der Waals surface area (Å²) in [5, 5.41) is 4.28. The molecule has 3 rings (SSSR count). The molecule has 0 saturated heterocycles. The number of methoxy groups -OCH3 is 1. The number of hydrogen-bond acceptors (Lipinski definition) is 5. The van der Waals surface area contributed by atoms with Crippen molar-refractivity contribution < 1.29 is 13.7 Å². The van der Waals surface area contributed by atoms with E-state index in [2.05, 4.69) is 9.19 Å². The van der Waals surface area contributed by atoms with Gasteiger partial charge >= 0.3 is 132 Å². The second-order valence-electron chi connectivity index (χ2n) is 5.16. The van der Waals surface area contributed by atoms with Crippen LogP contribution in [0.5, 0.6) is 11.5 Å². The Morgan fingerprint density at radius 1 is 1.33 bits per heavy atom. The molecule has 1 aromatic carbocycles. The molecule has 5 nitrogen and oxygen atoms in total. The summed E-state index contributed by atoms with van der Waals surface area (Å²) in [7, 11) is 0.443. The summed E-state index contributed by atoms with van der Waals surface area (Å²) in [6, 6.07) is 3.68. The van der Waals surface area contributed by atoms with Gasteiger partial charge in [-0.25, -0.2) is 0 Å². The summed E-state index contributed by atoms with van der Waals surface area (Å²) in [5.41, 5.74) is 1.71. The minimum atomic E-state index is -1.16. The maximum absolute atomic E-state index is 12.9. The number of hydrogen-bond donors (Lipinski definition) is 0. The van der Waals surface area contributed by atoms with Crippen LogP contribution in [0.3, 0.4) is 0 Å². The van der Waals surface area contributed by atoms with E-state index in [1.54, 1.807) is 7.11 Å². The third-order valence-corrected chi connectivity index (χ3v) is 7.88. The van der Waals surface area contributed by atoms with Gasteiger partial charge in [0, 0.05) is 0 Å². The molecule has 0 fully saturated rings. The molecule has 0 spiro atoms. The molecule has 0 amide bonds. The molecule has 21 heavy (non-hydrogen) atoms. The monoisotopic (exact) mass is 372 g/mol. The first-order valence-corrected chi connectivity index (χ1v) is 9.37. The quantitative estimate of drug-likeness (QED) is 0.772. The standard InChI is InChI=1S/C14H16N2O3SSe/c1-5-19-10-7-11-8(6-9(10)18-4)12-13(21-16-15-12)14(2,3)20(11)17/h6-7H,5H2,1-4H3. The minimum absolute atomic E-state index is 0.0714. The van der Waals surface area contributed by atoms with Crippen molar-refractivity contribution in [3.05, 3.63) is 16.6 Å². The van der Waals surface area contributed by atoms with Crippen LogP contribution in [-0.2, 0) is 15.5 Å². The fourth-order valence-corrected chi connectivity index (χ4v) is 5.87. The summed E-state index contributed by atoms with van der Waals surface area (Å²) in [4.78, 5) is 0.750. The van der Waals surface area contributed by atoms with Gasteiger partial charge in [0.1, 0.15) is 0 Å². The van der Waals surface area contributed by atoms with E-state index in [1.807, 2.05) is 32.9 Å². The van der Waals surface area contributed by atoms with E-state index in [9.17, 15) is 4.21 Å². The molecule has 1 aliphatic heterocycles. The summed E-state index contributed by atoms with van der Waals surface area (Å²) >= 11 is -0.0714. The van der Waals surface area contributed by atoms with Crippen molar-refractivity contribution in [1.29, 1.82) is 0 Å². The molecule has 0 aliphatic carbocycles. The van der Waals surface area contributed by atoms with E-state index in [-0.39, 0.29) is 14.7 Å². The van der Waals surface area contributed by atoms with Crippen molar-refractivity contribution in [2.24, 2.45) is 0 Å². The van der Waals surface area contributed by atoms with Crippen molar-refractivity contribution in [2.75, 3.05) is 13.7 Å². The Morgan fingerprint density at radius 2 is 2.10 bits per heavy atom. The first kappa shape index (κ1) is 14.8. The van der Waals surface area contributed by atoms with Crippen LogP contribution in [0.15, 0.2) is 17.0 Å². The van der Waals surface area contributed by atoms with Gasteiger partial charge in [-0.2, -0.15) is 0 Å². The summed E-state index contributed by atoms with van der Waals surface area (Å²) < 4.78 is 28.8. The molecule has 7 heteroatoms. The second kappa shape index (κ2) is 5.23. The van der Waals surface area contributed by atoms with Crippen molar-refractivity contribution in [1.82, 2.24) is 9.19 Å². The van der Waals surface area contributed by atoms with Gasteiger partial charge in [0.05, 0.1) is 0 Å². The number of nitrogens with zero attached hydrogens (tertiary/aromatic N) is 2. The van der Waals surface area contributed by atoms with Crippen LogP contribution in [0.1, 0.15) is 25.2 Å². The van der Waals surface area contributed by atoms with Gasteiger partial charge in [0.25, 0.3) is 0 Å². The van der Waals surface area contributed by atoms with E-state index in [4.69, 9.17) is 9.47 Å². The van der Waals surface area contributed by atoms with Gasteiger partial charge in [-0.1, -0.05) is 0 Å². The van der Waals surface area contributed by atoms with E-state index in [1.165, 1.54) is 0 Å². The molecule has 0 bridgehead atoms. The zero-order valence-electron chi connectivity index (χ0n) is 12.3. The Kier molecular flexibility index (Phi) is 3.67. The second-order valence-corrected chi connectivity index (χ2v) is 8.74. The first-order chi connectivity index (χ1) is 10.0. The zero-order valence-corrected chi connectivity index (χ0v) is 14.8. The Hall–Kier alpha value is -1.17. The van der Waals surface area contributed by atoms with Crippen LogP contribution < -0.4 is 9.47 Å². The van der Waals surface area contributed by atoms with Gasteiger partial charge in [-0.3, -0.25) is 0 Å². The number of benzene rings is 1. The first-order valence-electron chi connectivity index (χ1n) is 6.60.